The Morgan fingerprint density at radius 1 is 1.53 bits per heavy atom. The van der Waals surface area contributed by atoms with Gasteiger partial charge in [0.1, 0.15) is 5.78 Å². The molecule has 1 saturated carbocycles. The molecular formula is C13H21NO. The van der Waals surface area contributed by atoms with Crippen LogP contribution in [0.15, 0.2) is 0 Å². The van der Waals surface area contributed by atoms with Crippen molar-refractivity contribution in [1.29, 1.82) is 5.26 Å². The topological polar surface area (TPSA) is 40.9 Å². The largest absolute Gasteiger partial charge is 0.299 e. The minimum atomic E-state index is -0.00898. The van der Waals surface area contributed by atoms with Crippen molar-refractivity contribution in [3.8, 4) is 6.07 Å². The molecule has 15 heavy (non-hydrogen) atoms. The van der Waals surface area contributed by atoms with E-state index >= 15 is 0 Å². The number of carbonyl (C=O) groups excluding carboxylic acids is 1. The number of hydrogen-bond donors (Lipinski definition) is 0. The van der Waals surface area contributed by atoms with Gasteiger partial charge in [0.25, 0.3) is 0 Å². The lowest BCUT2D eigenvalue weighted by Crippen LogP contribution is -2.27. The van der Waals surface area contributed by atoms with E-state index in [1.54, 1.807) is 0 Å². The first kappa shape index (κ1) is 12.2. The highest BCUT2D eigenvalue weighted by Crippen LogP contribution is 2.31. The summed E-state index contributed by atoms with van der Waals surface area (Å²) in [5.41, 5.74) is 0. The molecule has 1 aliphatic carbocycles. The minimum Gasteiger partial charge on any atom is -0.299 e. The molecule has 0 aromatic heterocycles. The summed E-state index contributed by atoms with van der Waals surface area (Å²) in [4.78, 5) is 12.1. The second-order valence-electron chi connectivity index (χ2n) is 4.84. The number of hydrogen-bond acceptors (Lipinski definition) is 2. The van der Waals surface area contributed by atoms with Gasteiger partial charge >= 0.3 is 0 Å². The van der Waals surface area contributed by atoms with Gasteiger partial charge in [0.2, 0.25) is 0 Å². The van der Waals surface area contributed by atoms with Crippen LogP contribution < -0.4 is 0 Å². The Morgan fingerprint density at radius 3 is 2.80 bits per heavy atom. The van der Waals surface area contributed by atoms with Gasteiger partial charge in [-0.1, -0.05) is 26.7 Å². The molecule has 0 spiro atoms. The monoisotopic (exact) mass is 207 g/mol. The Hall–Kier alpha value is -0.840. The zero-order valence-electron chi connectivity index (χ0n) is 9.83. The molecule has 0 bridgehead atoms. The lowest BCUT2D eigenvalue weighted by Gasteiger charge is -2.27. The summed E-state index contributed by atoms with van der Waals surface area (Å²) >= 11 is 0. The van der Waals surface area contributed by atoms with E-state index in [9.17, 15) is 4.79 Å². The van der Waals surface area contributed by atoms with Crippen molar-refractivity contribution in [3.05, 3.63) is 0 Å². The standard InChI is InChI=1S/C13H21NO/c1-3-11(7-8-14)13(15)12-6-4-5-10(2)9-12/h10-12H,3-7,9H2,1-2H3. The Balaban J connectivity index is 2.54. The van der Waals surface area contributed by atoms with E-state index < -0.39 is 0 Å². The molecule has 1 fully saturated rings. The Morgan fingerprint density at radius 2 is 2.27 bits per heavy atom. The van der Waals surface area contributed by atoms with Gasteiger partial charge in [0.15, 0.2) is 0 Å². The number of ketones is 1. The van der Waals surface area contributed by atoms with Crippen molar-refractivity contribution in [2.45, 2.75) is 52.4 Å². The van der Waals surface area contributed by atoms with E-state index in [2.05, 4.69) is 13.0 Å². The van der Waals surface area contributed by atoms with Gasteiger partial charge < -0.3 is 0 Å². The summed E-state index contributed by atoms with van der Waals surface area (Å²) < 4.78 is 0. The zero-order valence-corrected chi connectivity index (χ0v) is 9.83. The van der Waals surface area contributed by atoms with E-state index in [0.29, 0.717) is 18.1 Å². The highest BCUT2D eigenvalue weighted by atomic mass is 16.1. The van der Waals surface area contributed by atoms with E-state index in [1.807, 2.05) is 6.92 Å². The van der Waals surface area contributed by atoms with Gasteiger partial charge in [-0.15, -0.1) is 0 Å². The zero-order chi connectivity index (χ0) is 11.3. The Labute approximate surface area is 92.7 Å². The summed E-state index contributed by atoms with van der Waals surface area (Å²) in [7, 11) is 0. The molecule has 0 aliphatic heterocycles. The number of rotatable bonds is 4. The molecule has 2 nitrogen and oxygen atoms in total. The number of nitrogens with zero attached hydrogens (tertiary/aromatic N) is 1. The fourth-order valence-corrected chi connectivity index (χ4v) is 2.58. The van der Waals surface area contributed by atoms with Gasteiger partial charge in [0, 0.05) is 18.3 Å². The molecule has 0 aromatic carbocycles. The fourth-order valence-electron chi connectivity index (χ4n) is 2.58. The average Bonchev–Trinajstić information content (AvgIpc) is 2.25. The molecule has 0 saturated heterocycles. The minimum absolute atomic E-state index is 0.00898. The van der Waals surface area contributed by atoms with E-state index in [-0.39, 0.29) is 11.8 Å². The average molecular weight is 207 g/mol. The van der Waals surface area contributed by atoms with Crippen molar-refractivity contribution in [2.75, 3.05) is 0 Å². The van der Waals surface area contributed by atoms with Gasteiger partial charge in [0.05, 0.1) is 6.07 Å². The van der Waals surface area contributed by atoms with Crippen LogP contribution in [0.2, 0.25) is 0 Å². The van der Waals surface area contributed by atoms with Crippen LogP contribution in [0, 0.1) is 29.1 Å². The molecule has 1 rings (SSSR count). The summed E-state index contributed by atoms with van der Waals surface area (Å²) in [6.07, 6.45) is 5.75. The van der Waals surface area contributed by atoms with Gasteiger partial charge in [-0.3, -0.25) is 4.79 Å². The molecular weight excluding hydrogens is 186 g/mol. The lowest BCUT2D eigenvalue weighted by atomic mass is 9.76. The van der Waals surface area contributed by atoms with E-state index in [4.69, 9.17) is 5.26 Å². The van der Waals surface area contributed by atoms with Crippen molar-refractivity contribution in [1.82, 2.24) is 0 Å². The van der Waals surface area contributed by atoms with Gasteiger partial charge in [-0.05, 0) is 25.2 Å². The quantitative estimate of drug-likeness (QED) is 0.709. The van der Waals surface area contributed by atoms with E-state index in [1.165, 1.54) is 12.8 Å². The molecule has 1 aliphatic rings. The third-order valence-corrected chi connectivity index (χ3v) is 3.57. The van der Waals surface area contributed by atoms with Gasteiger partial charge in [-0.2, -0.15) is 5.26 Å². The fraction of sp³-hybridized carbons (Fsp3) is 0.846. The van der Waals surface area contributed by atoms with Gasteiger partial charge in [-0.25, -0.2) is 0 Å². The first-order chi connectivity index (χ1) is 7.19. The molecule has 0 N–H and O–H groups in total. The lowest BCUT2D eigenvalue weighted by molar-refractivity contribution is -0.128. The van der Waals surface area contributed by atoms with Crippen LogP contribution in [-0.4, -0.2) is 5.78 Å². The Bertz CT molecular complexity index is 254. The number of Topliss-reactive ketones (excluding diaryl/α,β-unsaturated/α-hetero) is 1. The smallest absolute Gasteiger partial charge is 0.140 e. The first-order valence-corrected chi connectivity index (χ1v) is 6.09. The highest BCUT2D eigenvalue weighted by Gasteiger charge is 2.29. The highest BCUT2D eigenvalue weighted by molar-refractivity contribution is 5.83. The predicted octanol–water partition coefficient (Wildman–Crippen LogP) is 3.32. The van der Waals surface area contributed by atoms with Crippen molar-refractivity contribution >= 4 is 5.78 Å². The van der Waals surface area contributed by atoms with Crippen molar-refractivity contribution in [3.63, 3.8) is 0 Å². The van der Waals surface area contributed by atoms with Crippen LogP contribution in [0.25, 0.3) is 0 Å². The maximum Gasteiger partial charge on any atom is 0.140 e. The van der Waals surface area contributed by atoms with Crippen LogP contribution in [0.4, 0.5) is 0 Å². The maximum atomic E-state index is 12.1. The molecule has 0 heterocycles. The van der Waals surface area contributed by atoms with Crippen molar-refractivity contribution in [2.24, 2.45) is 17.8 Å². The second-order valence-corrected chi connectivity index (χ2v) is 4.84. The number of nitriles is 1. The molecule has 0 radical (unpaired) electrons. The molecule has 2 heteroatoms. The second kappa shape index (κ2) is 5.90. The number of carbonyl (C=O) groups is 1. The van der Waals surface area contributed by atoms with Crippen LogP contribution in [0.3, 0.4) is 0 Å². The Kier molecular flexibility index (Phi) is 4.81. The normalized spacial score (nSPS) is 28.1. The van der Waals surface area contributed by atoms with Crippen LogP contribution in [0.5, 0.6) is 0 Å². The molecule has 3 unspecified atom stereocenters. The summed E-state index contributed by atoms with van der Waals surface area (Å²) in [6.45, 7) is 4.23. The van der Waals surface area contributed by atoms with E-state index in [0.717, 1.165) is 19.3 Å². The maximum absolute atomic E-state index is 12.1. The molecule has 84 valence electrons. The predicted molar refractivity (Wildman–Crippen MR) is 60.1 cm³/mol. The molecule has 3 atom stereocenters. The third kappa shape index (κ3) is 3.34. The SMILES string of the molecule is CCC(CC#N)C(=O)C1CCCC(C)C1. The molecule has 0 aromatic rings. The first-order valence-electron chi connectivity index (χ1n) is 6.09. The van der Waals surface area contributed by atoms with Crippen molar-refractivity contribution < 1.29 is 4.79 Å². The summed E-state index contributed by atoms with van der Waals surface area (Å²) in [5.74, 6) is 1.27. The third-order valence-electron chi connectivity index (χ3n) is 3.57. The summed E-state index contributed by atoms with van der Waals surface area (Å²) in [6, 6.07) is 2.13. The summed E-state index contributed by atoms with van der Waals surface area (Å²) in [5, 5.41) is 8.66. The molecule has 0 amide bonds. The van der Waals surface area contributed by atoms with Crippen LogP contribution in [-0.2, 0) is 4.79 Å². The van der Waals surface area contributed by atoms with Crippen LogP contribution >= 0.6 is 0 Å². The van der Waals surface area contributed by atoms with Crippen LogP contribution in [0.1, 0.15) is 52.4 Å².